The summed E-state index contributed by atoms with van der Waals surface area (Å²) in [5.74, 6) is -0.652. The van der Waals surface area contributed by atoms with Gasteiger partial charge in [0.05, 0.1) is 11.1 Å². The van der Waals surface area contributed by atoms with Gasteiger partial charge in [-0.05, 0) is 49.7 Å². The van der Waals surface area contributed by atoms with E-state index in [4.69, 9.17) is 11.6 Å². The highest BCUT2D eigenvalue weighted by atomic mass is 35.5. The van der Waals surface area contributed by atoms with Crippen molar-refractivity contribution in [1.82, 2.24) is 10.3 Å². The lowest BCUT2D eigenvalue weighted by Gasteiger charge is -2.17. The number of halogens is 4. The zero-order valence-electron chi connectivity index (χ0n) is 17.4. The molecule has 2 amide bonds. The molecular weight excluding hydrogens is 435 g/mol. The molecule has 0 radical (unpaired) electrons. The maximum atomic E-state index is 12.6. The molecule has 1 aromatic heterocycles. The van der Waals surface area contributed by atoms with E-state index in [-0.39, 0.29) is 28.2 Å². The summed E-state index contributed by atoms with van der Waals surface area (Å²) in [7, 11) is 0. The van der Waals surface area contributed by atoms with Gasteiger partial charge in [0.25, 0.3) is 5.91 Å². The predicted molar refractivity (Wildman–Crippen MR) is 111 cm³/mol. The number of pyridine rings is 1. The molecule has 0 bridgehead atoms. The third-order valence-corrected chi connectivity index (χ3v) is 4.48. The maximum absolute atomic E-state index is 12.6. The minimum absolute atomic E-state index is 0.108. The molecule has 1 unspecified atom stereocenters. The van der Waals surface area contributed by atoms with Gasteiger partial charge in [0.15, 0.2) is 6.61 Å². The number of hydrogen-bond donors (Lipinski definition) is 2. The van der Waals surface area contributed by atoms with Crippen molar-refractivity contribution in [2.75, 3.05) is 11.9 Å². The van der Waals surface area contributed by atoms with Gasteiger partial charge in [-0.25, -0.2) is 4.98 Å². The summed E-state index contributed by atoms with van der Waals surface area (Å²) in [5.41, 5.74) is 1.54. The summed E-state index contributed by atoms with van der Waals surface area (Å²) in [6.45, 7) is 5.57. The molecule has 2 rings (SSSR count). The third kappa shape index (κ3) is 7.43. The SMILES string of the molecule is Cc1cc(C(C)NC(=O)c2ccc(OCC(F)(F)F)c(Cl)c2)cc(NC(=O)C(C)C)n1. The van der Waals surface area contributed by atoms with Crippen LogP contribution in [0, 0.1) is 12.8 Å². The molecule has 6 nitrogen and oxygen atoms in total. The zero-order valence-corrected chi connectivity index (χ0v) is 18.2. The number of amides is 2. The monoisotopic (exact) mass is 457 g/mol. The number of nitrogens with zero attached hydrogens (tertiary/aromatic N) is 1. The average Bonchev–Trinajstić information content (AvgIpc) is 2.65. The van der Waals surface area contributed by atoms with Crippen molar-refractivity contribution in [1.29, 1.82) is 0 Å². The number of nitrogens with one attached hydrogen (secondary N) is 2. The van der Waals surface area contributed by atoms with E-state index in [0.29, 0.717) is 11.5 Å². The first kappa shape index (κ1) is 24.5. The molecule has 0 aliphatic carbocycles. The summed E-state index contributed by atoms with van der Waals surface area (Å²) < 4.78 is 41.5. The van der Waals surface area contributed by atoms with Crippen LogP contribution in [0.3, 0.4) is 0 Å². The Labute approximate surface area is 183 Å². The minimum Gasteiger partial charge on any atom is -0.483 e. The fraction of sp³-hybridized carbons (Fsp3) is 0.381. The summed E-state index contributed by atoms with van der Waals surface area (Å²) >= 11 is 5.95. The number of alkyl halides is 3. The van der Waals surface area contributed by atoms with Gasteiger partial charge in [0, 0.05) is 17.2 Å². The Morgan fingerprint density at radius 3 is 2.42 bits per heavy atom. The number of benzene rings is 1. The summed E-state index contributed by atoms with van der Waals surface area (Å²) in [4.78, 5) is 28.8. The topological polar surface area (TPSA) is 80.3 Å². The highest BCUT2D eigenvalue weighted by Crippen LogP contribution is 2.28. The molecule has 1 heterocycles. The van der Waals surface area contributed by atoms with Crippen LogP contribution < -0.4 is 15.4 Å². The number of carbonyl (C=O) groups is 2. The largest absolute Gasteiger partial charge is 0.483 e. The van der Waals surface area contributed by atoms with E-state index in [1.54, 1.807) is 39.8 Å². The number of hydrogen-bond acceptors (Lipinski definition) is 4. The lowest BCUT2D eigenvalue weighted by atomic mass is 10.1. The van der Waals surface area contributed by atoms with Crippen molar-refractivity contribution < 1.29 is 27.5 Å². The van der Waals surface area contributed by atoms with Crippen LogP contribution >= 0.6 is 11.6 Å². The molecule has 0 fully saturated rings. The Morgan fingerprint density at radius 2 is 1.84 bits per heavy atom. The lowest BCUT2D eigenvalue weighted by molar-refractivity contribution is -0.153. The van der Waals surface area contributed by atoms with Crippen molar-refractivity contribution >= 4 is 29.2 Å². The number of ether oxygens (including phenoxy) is 1. The van der Waals surface area contributed by atoms with Crippen molar-refractivity contribution in [2.45, 2.75) is 39.9 Å². The Balaban J connectivity index is 2.11. The van der Waals surface area contributed by atoms with Gasteiger partial charge in [0.2, 0.25) is 5.91 Å². The van der Waals surface area contributed by atoms with E-state index in [1.807, 2.05) is 0 Å². The quantitative estimate of drug-likeness (QED) is 0.608. The Bertz CT molecular complexity index is 965. The number of rotatable bonds is 7. The summed E-state index contributed by atoms with van der Waals surface area (Å²) in [5, 5.41) is 5.40. The third-order valence-electron chi connectivity index (χ3n) is 4.18. The minimum atomic E-state index is -4.50. The highest BCUT2D eigenvalue weighted by Gasteiger charge is 2.29. The van der Waals surface area contributed by atoms with Crippen LogP contribution in [-0.4, -0.2) is 29.6 Å². The molecule has 10 heteroatoms. The van der Waals surface area contributed by atoms with E-state index in [2.05, 4.69) is 20.4 Å². The Kier molecular flexibility index (Phi) is 7.89. The van der Waals surface area contributed by atoms with Gasteiger partial charge < -0.3 is 15.4 Å². The number of aryl methyl sites for hydroxylation is 1. The van der Waals surface area contributed by atoms with E-state index in [0.717, 1.165) is 5.56 Å². The first-order chi connectivity index (χ1) is 14.4. The van der Waals surface area contributed by atoms with Gasteiger partial charge >= 0.3 is 6.18 Å². The van der Waals surface area contributed by atoms with Gasteiger partial charge in [-0.3, -0.25) is 9.59 Å². The molecule has 0 aliphatic heterocycles. The van der Waals surface area contributed by atoms with Gasteiger partial charge in [-0.15, -0.1) is 0 Å². The number of anilines is 1. The van der Waals surface area contributed by atoms with Crippen molar-refractivity contribution in [3.8, 4) is 5.75 Å². The van der Waals surface area contributed by atoms with Crippen LogP contribution in [0.15, 0.2) is 30.3 Å². The average molecular weight is 458 g/mol. The van der Waals surface area contributed by atoms with Crippen LogP contribution in [0.2, 0.25) is 5.02 Å². The second kappa shape index (κ2) is 10.00. The summed E-state index contributed by atoms with van der Waals surface area (Å²) in [6.07, 6.45) is -4.50. The van der Waals surface area contributed by atoms with Crippen molar-refractivity contribution in [2.24, 2.45) is 5.92 Å². The second-order valence-electron chi connectivity index (χ2n) is 7.32. The molecule has 2 aromatic rings. The van der Waals surface area contributed by atoms with Crippen molar-refractivity contribution in [3.63, 3.8) is 0 Å². The van der Waals surface area contributed by atoms with E-state index >= 15 is 0 Å². The molecule has 1 aromatic carbocycles. The molecule has 0 saturated heterocycles. The van der Waals surface area contributed by atoms with Gasteiger partial charge in [-0.1, -0.05) is 25.4 Å². The molecule has 31 heavy (non-hydrogen) atoms. The van der Waals surface area contributed by atoms with Gasteiger partial charge in [0.1, 0.15) is 11.6 Å². The fourth-order valence-electron chi connectivity index (χ4n) is 2.56. The molecule has 0 spiro atoms. The van der Waals surface area contributed by atoms with E-state index in [9.17, 15) is 22.8 Å². The number of carbonyl (C=O) groups excluding carboxylic acids is 2. The Hall–Kier alpha value is -2.81. The molecule has 168 valence electrons. The Morgan fingerprint density at radius 1 is 1.16 bits per heavy atom. The first-order valence-electron chi connectivity index (χ1n) is 9.45. The fourth-order valence-corrected chi connectivity index (χ4v) is 2.80. The smallest absolute Gasteiger partial charge is 0.422 e. The van der Waals surface area contributed by atoms with Crippen molar-refractivity contribution in [3.05, 3.63) is 52.2 Å². The van der Waals surface area contributed by atoms with Crippen LogP contribution in [-0.2, 0) is 4.79 Å². The number of aromatic nitrogens is 1. The molecule has 0 aliphatic rings. The highest BCUT2D eigenvalue weighted by molar-refractivity contribution is 6.32. The van der Waals surface area contributed by atoms with Crippen LogP contribution in [0.5, 0.6) is 5.75 Å². The standard InChI is InChI=1S/C21H23ClF3N3O3/c1-11(2)19(29)28-18-9-15(7-12(3)26-18)13(4)27-20(30)14-5-6-17(16(22)8-14)31-10-21(23,24)25/h5-9,11,13H,10H2,1-4H3,(H,27,30)(H,26,28,29). The van der Waals surface area contributed by atoms with E-state index in [1.165, 1.54) is 18.2 Å². The normalized spacial score (nSPS) is 12.4. The molecular formula is C21H23ClF3N3O3. The summed E-state index contributed by atoms with van der Waals surface area (Å²) in [6, 6.07) is 6.77. The lowest BCUT2D eigenvalue weighted by Crippen LogP contribution is -2.27. The van der Waals surface area contributed by atoms with Crippen LogP contribution in [0.25, 0.3) is 0 Å². The molecule has 0 saturated carbocycles. The zero-order chi connectivity index (χ0) is 23.3. The van der Waals surface area contributed by atoms with E-state index < -0.39 is 24.7 Å². The maximum Gasteiger partial charge on any atom is 0.422 e. The predicted octanol–water partition coefficient (Wildman–Crippen LogP) is 5.07. The first-order valence-corrected chi connectivity index (χ1v) is 9.83. The second-order valence-corrected chi connectivity index (χ2v) is 7.72. The molecule has 1 atom stereocenters. The molecule has 2 N–H and O–H groups in total. The van der Waals surface area contributed by atoms with Gasteiger partial charge in [-0.2, -0.15) is 13.2 Å². The van der Waals surface area contributed by atoms with Crippen LogP contribution in [0.1, 0.15) is 48.4 Å². The van der Waals surface area contributed by atoms with Crippen LogP contribution in [0.4, 0.5) is 19.0 Å².